The summed E-state index contributed by atoms with van der Waals surface area (Å²) in [5, 5.41) is 8.20. The molecule has 3 aromatic rings. The van der Waals surface area contributed by atoms with Crippen molar-refractivity contribution in [1.29, 1.82) is 0 Å². The van der Waals surface area contributed by atoms with Crippen LogP contribution in [0.25, 0.3) is 11.1 Å². The normalized spacial score (nSPS) is 11.0. The fraction of sp³-hybridized carbons (Fsp3) is 0. The van der Waals surface area contributed by atoms with Crippen molar-refractivity contribution in [3.05, 3.63) is 23.7 Å². The second-order valence-electron chi connectivity index (χ2n) is 3.01. The standard InChI is InChI=1S/C9H6N4OS2/c10-5-1-2-6-7(3-5)14-8(12-6)16-9-13-11-4-15-9/h1-4H,10H2. The minimum atomic E-state index is 0.553. The molecule has 1 aromatic carbocycles. The van der Waals surface area contributed by atoms with Crippen molar-refractivity contribution in [2.45, 2.75) is 9.56 Å². The van der Waals surface area contributed by atoms with Crippen molar-refractivity contribution >= 4 is 39.9 Å². The molecule has 0 unspecified atom stereocenters. The molecule has 0 bridgehead atoms. The number of hydrogen-bond acceptors (Lipinski definition) is 7. The molecule has 2 N–H and O–H groups in total. The maximum Gasteiger partial charge on any atom is 0.264 e. The van der Waals surface area contributed by atoms with Crippen molar-refractivity contribution in [3.63, 3.8) is 0 Å². The zero-order chi connectivity index (χ0) is 11.0. The van der Waals surface area contributed by atoms with Crippen LogP contribution in [0.5, 0.6) is 0 Å². The first kappa shape index (κ1) is 9.61. The van der Waals surface area contributed by atoms with E-state index >= 15 is 0 Å². The molecule has 0 spiro atoms. The van der Waals surface area contributed by atoms with Gasteiger partial charge in [0.2, 0.25) is 0 Å². The van der Waals surface area contributed by atoms with Crippen LogP contribution in [-0.4, -0.2) is 15.2 Å². The van der Waals surface area contributed by atoms with Gasteiger partial charge in [-0.3, -0.25) is 0 Å². The maximum absolute atomic E-state index is 5.65. The molecule has 0 atom stereocenters. The molecule has 2 heterocycles. The first-order valence-corrected chi connectivity index (χ1v) is 6.11. The Morgan fingerprint density at radius 1 is 1.38 bits per heavy atom. The molecule has 0 amide bonds. The Balaban J connectivity index is 1.99. The fourth-order valence-electron chi connectivity index (χ4n) is 1.25. The van der Waals surface area contributed by atoms with Crippen LogP contribution in [0.2, 0.25) is 0 Å². The van der Waals surface area contributed by atoms with Crippen LogP contribution in [0.3, 0.4) is 0 Å². The molecule has 0 radical (unpaired) electrons. The summed E-state index contributed by atoms with van der Waals surface area (Å²) in [7, 11) is 0. The highest BCUT2D eigenvalue weighted by atomic mass is 32.2. The lowest BCUT2D eigenvalue weighted by Gasteiger charge is -1.88. The number of nitrogens with zero attached hydrogens (tertiary/aromatic N) is 3. The summed E-state index contributed by atoms with van der Waals surface area (Å²) in [6.45, 7) is 0. The highest BCUT2D eigenvalue weighted by Gasteiger charge is 2.09. The van der Waals surface area contributed by atoms with E-state index in [1.165, 1.54) is 23.1 Å². The molecular formula is C9H6N4OS2. The Kier molecular flexibility index (Phi) is 2.26. The number of aromatic nitrogens is 3. The lowest BCUT2D eigenvalue weighted by Crippen LogP contribution is -1.81. The number of nitrogens with two attached hydrogens (primary N) is 1. The van der Waals surface area contributed by atoms with E-state index in [-0.39, 0.29) is 0 Å². The molecule has 0 aliphatic heterocycles. The van der Waals surface area contributed by atoms with Gasteiger partial charge in [0, 0.05) is 23.5 Å². The molecule has 0 aliphatic rings. The summed E-state index contributed by atoms with van der Waals surface area (Å²) in [6, 6.07) is 5.38. The minimum Gasteiger partial charge on any atom is -0.431 e. The van der Waals surface area contributed by atoms with Crippen LogP contribution in [0.15, 0.2) is 37.7 Å². The van der Waals surface area contributed by atoms with Gasteiger partial charge in [0.05, 0.1) is 0 Å². The highest BCUT2D eigenvalue weighted by Crippen LogP contribution is 2.30. The van der Waals surface area contributed by atoms with Gasteiger partial charge in [0.25, 0.3) is 5.22 Å². The van der Waals surface area contributed by atoms with Gasteiger partial charge < -0.3 is 10.2 Å². The number of nitrogen functional groups attached to an aromatic ring is 1. The Labute approximate surface area is 98.7 Å². The van der Waals surface area contributed by atoms with E-state index in [0.717, 1.165) is 9.86 Å². The highest BCUT2D eigenvalue weighted by molar-refractivity contribution is 8.00. The second kappa shape index (κ2) is 3.76. The number of rotatable bonds is 2. The van der Waals surface area contributed by atoms with E-state index < -0.39 is 0 Å². The van der Waals surface area contributed by atoms with Crippen molar-refractivity contribution in [2.24, 2.45) is 0 Å². The minimum absolute atomic E-state index is 0.553. The van der Waals surface area contributed by atoms with E-state index in [2.05, 4.69) is 15.2 Å². The summed E-state index contributed by atoms with van der Waals surface area (Å²) in [5.74, 6) is 0. The quantitative estimate of drug-likeness (QED) is 0.704. The monoisotopic (exact) mass is 250 g/mol. The molecule has 0 fully saturated rings. The Morgan fingerprint density at radius 3 is 3.12 bits per heavy atom. The van der Waals surface area contributed by atoms with Crippen LogP contribution in [0.4, 0.5) is 5.69 Å². The SMILES string of the molecule is Nc1ccc2nc(Sc3nncs3)oc2c1. The summed E-state index contributed by atoms with van der Waals surface area (Å²) >= 11 is 2.80. The molecule has 2 aromatic heterocycles. The van der Waals surface area contributed by atoms with Gasteiger partial charge in [-0.1, -0.05) is 11.3 Å². The van der Waals surface area contributed by atoms with Gasteiger partial charge in [-0.15, -0.1) is 10.2 Å². The Morgan fingerprint density at radius 2 is 2.31 bits per heavy atom. The third-order valence-corrected chi connectivity index (χ3v) is 3.53. The lowest BCUT2D eigenvalue weighted by atomic mass is 10.3. The summed E-state index contributed by atoms with van der Waals surface area (Å²) < 4.78 is 6.34. The molecule has 0 saturated carbocycles. The van der Waals surface area contributed by atoms with Gasteiger partial charge in [0.1, 0.15) is 11.0 Å². The number of anilines is 1. The molecule has 5 nitrogen and oxygen atoms in total. The summed E-state index contributed by atoms with van der Waals surface area (Å²) in [5.41, 5.74) is 9.47. The van der Waals surface area contributed by atoms with E-state index in [9.17, 15) is 0 Å². The van der Waals surface area contributed by atoms with Crippen molar-refractivity contribution in [3.8, 4) is 0 Å². The van der Waals surface area contributed by atoms with Crippen molar-refractivity contribution < 1.29 is 4.42 Å². The van der Waals surface area contributed by atoms with Crippen LogP contribution in [0.1, 0.15) is 0 Å². The summed E-state index contributed by atoms with van der Waals surface area (Å²) in [6.07, 6.45) is 0. The molecule has 0 saturated heterocycles. The van der Waals surface area contributed by atoms with Crippen LogP contribution >= 0.6 is 23.1 Å². The molecule has 7 heteroatoms. The predicted octanol–water partition coefficient (Wildman–Crippen LogP) is 2.41. The second-order valence-corrected chi connectivity index (χ2v) is 5.05. The third-order valence-electron chi connectivity index (χ3n) is 1.91. The van der Waals surface area contributed by atoms with Crippen molar-refractivity contribution in [2.75, 3.05) is 5.73 Å². The fourth-order valence-corrected chi connectivity index (χ4v) is 2.57. The molecule has 16 heavy (non-hydrogen) atoms. The number of benzene rings is 1. The van der Waals surface area contributed by atoms with Gasteiger partial charge in [0.15, 0.2) is 9.92 Å². The largest absolute Gasteiger partial charge is 0.431 e. The maximum atomic E-state index is 5.65. The number of hydrogen-bond donors (Lipinski definition) is 1. The lowest BCUT2D eigenvalue weighted by molar-refractivity contribution is 0.489. The smallest absolute Gasteiger partial charge is 0.264 e. The van der Waals surface area contributed by atoms with E-state index in [1.807, 2.05) is 6.07 Å². The van der Waals surface area contributed by atoms with Crippen LogP contribution < -0.4 is 5.73 Å². The Bertz CT molecular complexity index is 620. The van der Waals surface area contributed by atoms with Crippen molar-refractivity contribution in [1.82, 2.24) is 15.2 Å². The van der Waals surface area contributed by atoms with Gasteiger partial charge >= 0.3 is 0 Å². The molecular weight excluding hydrogens is 244 g/mol. The van der Waals surface area contributed by atoms with E-state index in [4.69, 9.17) is 10.2 Å². The predicted molar refractivity (Wildman–Crippen MR) is 62.5 cm³/mol. The van der Waals surface area contributed by atoms with Gasteiger partial charge in [-0.25, -0.2) is 4.98 Å². The van der Waals surface area contributed by atoms with Gasteiger partial charge in [-0.2, -0.15) is 0 Å². The van der Waals surface area contributed by atoms with E-state index in [0.29, 0.717) is 16.5 Å². The topological polar surface area (TPSA) is 77.8 Å². The zero-order valence-electron chi connectivity index (χ0n) is 7.95. The number of fused-ring (bicyclic) bond motifs is 1. The first-order valence-electron chi connectivity index (χ1n) is 4.41. The van der Waals surface area contributed by atoms with Gasteiger partial charge in [-0.05, 0) is 12.1 Å². The average Bonchev–Trinajstić information content (AvgIpc) is 2.86. The average molecular weight is 250 g/mol. The third kappa shape index (κ3) is 1.74. The van der Waals surface area contributed by atoms with Crippen LogP contribution in [0, 0.1) is 0 Å². The molecule has 80 valence electrons. The zero-order valence-corrected chi connectivity index (χ0v) is 9.59. The molecule has 0 aliphatic carbocycles. The molecule has 3 rings (SSSR count). The summed E-state index contributed by atoms with van der Waals surface area (Å²) in [4.78, 5) is 4.31. The van der Waals surface area contributed by atoms with E-state index in [1.54, 1.807) is 17.6 Å². The first-order chi connectivity index (χ1) is 7.81. The Hall–Kier alpha value is -1.60. The van der Waals surface area contributed by atoms with Crippen LogP contribution in [-0.2, 0) is 0 Å². The number of oxazole rings is 1.